The molecule has 0 radical (unpaired) electrons. The van der Waals surface area contributed by atoms with Gasteiger partial charge in [-0.2, -0.15) is 0 Å². The molecule has 0 amide bonds. The van der Waals surface area contributed by atoms with E-state index in [9.17, 15) is 8.42 Å². The number of sulfonamides is 1. The van der Waals surface area contributed by atoms with E-state index in [4.69, 9.17) is 0 Å². The van der Waals surface area contributed by atoms with Gasteiger partial charge in [0.1, 0.15) is 0 Å². The van der Waals surface area contributed by atoms with E-state index in [1.165, 1.54) is 0 Å². The monoisotopic (exact) mass is 298 g/mol. The van der Waals surface area contributed by atoms with Crippen LogP contribution in [0.3, 0.4) is 0 Å². The molecular weight excluding hydrogens is 272 g/mol. The van der Waals surface area contributed by atoms with Crippen molar-refractivity contribution in [1.29, 1.82) is 0 Å². The molecule has 1 atom stereocenters. The van der Waals surface area contributed by atoms with E-state index in [1.54, 1.807) is 12.1 Å². The molecule has 0 aromatic heterocycles. The lowest BCUT2D eigenvalue weighted by molar-refractivity contribution is 0.476. The highest BCUT2D eigenvalue weighted by molar-refractivity contribution is 7.89. The topological polar surface area (TPSA) is 58.2 Å². The van der Waals surface area contributed by atoms with Crippen molar-refractivity contribution >= 4 is 10.0 Å². The summed E-state index contributed by atoms with van der Waals surface area (Å²) < 4.78 is 27.1. The lowest BCUT2D eigenvalue weighted by atomic mass is 10.1. The van der Waals surface area contributed by atoms with Crippen molar-refractivity contribution in [2.75, 3.05) is 6.54 Å². The largest absolute Gasteiger partial charge is 0.313 e. The van der Waals surface area contributed by atoms with Crippen molar-refractivity contribution in [2.24, 2.45) is 5.92 Å². The lowest BCUT2D eigenvalue weighted by Crippen LogP contribution is -2.36. The summed E-state index contributed by atoms with van der Waals surface area (Å²) in [6.45, 7) is 9.72. The quantitative estimate of drug-likeness (QED) is 0.725. The second kappa shape index (κ2) is 7.76. The maximum atomic E-state index is 12.2. The minimum Gasteiger partial charge on any atom is -0.313 e. The zero-order valence-electron chi connectivity index (χ0n) is 12.8. The van der Waals surface area contributed by atoms with Crippen LogP contribution in [0.15, 0.2) is 29.2 Å². The standard InChI is InChI=1S/C15H26N2O2S/c1-5-10-16-11-14-6-8-15(9-7-14)20(18,19)17-13(4)12(2)3/h6-9,12-13,16-17H,5,10-11H2,1-4H3. The van der Waals surface area contributed by atoms with E-state index in [1.807, 2.05) is 32.9 Å². The molecule has 0 aliphatic carbocycles. The van der Waals surface area contributed by atoms with Gasteiger partial charge in [0.2, 0.25) is 10.0 Å². The Bertz CT molecular complexity index is 495. The highest BCUT2D eigenvalue weighted by atomic mass is 32.2. The van der Waals surface area contributed by atoms with E-state index in [2.05, 4.69) is 17.0 Å². The molecule has 4 nitrogen and oxygen atoms in total. The third kappa shape index (κ3) is 5.23. The highest BCUT2D eigenvalue weighted by Crippen LogP contribution is 2.13. The maximum absolute atomic E-state index is 12.2. The van der Waals surface area contributed by atoms with Crippen LogP contribution in [0.1, 0.15) is 39.7 Å². The normalized spacial score (nSPS) is 13.7. The first kappa shape index (κ1) is 17.1. The Balaban J connectivity index is 2.71. The van der Waals surface area contributed by atoms with Gasteiger partial charge in [0.05, 0.1) is 4.90 Å². The first-order chi connectivity index (χ1) is 9.36. The number of hydrogen-bond acceptors (Lipinski definition) is 3. The molecule has 1 unspecified atom stereocenters. The van der Waals surface area contributed by atoms with E-state index in [0.717, 1.165) is 25.1 Å². The number of hydrogen-bond donors (Lipinski definition) is 2. The second-order valence-corrected chi connectivity index (χ2v) is 7.19. The molecule has 1 aromatic rings. The highest BCUT2D eigenvalue weighted by Gasteiger charge is 2.18. The molecule has 1 aromatic carbocycles. The van der Waals surface area contributed by atoms with Gasteiger partial charge in [-0.1, -0.05) is 32.9 Å². The van der Waals surface area contributed by atoms with Crippen LogP contribution in [0, 0.1) is 5.92 Å². The van der Waals surface area contributed by atoms with E-state index >= 15 is 0 Å². The molecular formula is C15H26N2O2S. The summed E-state index contributed by atoms with van der Waals surface area (Å²) >= 11 is 0. The van der Waals surface area contributed by atoms with E-state index < -0.39 is 10.0 Å². The summed E-state index contributed by atoms with van der Waals surface area (Å²) in [6.07, 6.45) is 1.09. The van der Waals surface area contributed by atoms with Crippen LogP contribution in [-0.4, -0.2) is 21.0 Å². The average Bonchev–Trinajstić information content (AvgIpc) is 2.39. The van der Waals surface area contributed by atoms with Crippen molar-refractivity contribution in [3.63, 3.8) is 0 Å². The van der Waals surface area contributed by atoms with Crippen LogP contribution in [0.5, 0.6) is 0 Å². The summed E-state index contributed by atoms with van der Waals surface area (Å²) in [6, 6.07) is 6.97. The summed E-state index contributed by atoms with van der Waals surface area (Å²) in [4.78, 5) is 0.323. The maximum Gasteiger partial charge on any atom is 0.240 e. The van der Waals surface area contributed by atoms with Gasteiger partial charge in [-0.25, -0.2) is 13.1 Å². The first-order valence-electron chi connectivity index (χ1n) is 7.18. The summed E-state index contributed by atoms with van der Waals surface area (Å²) in [5.41, 5.74) is 1.09. The van der Waals surface area contributed by atoms with Crippen LogP contribution in [0.2, 0.25) is 0 Å². The van der Waals surface area contributed by atoms with Crippen molar-refractivity contribution in [3.8, 4) is 0 Å². The molecule has 5 heteroatoms. The van der Waals surface area contributed by atoms with Crippen LogP contribution in [0.4, 0.5) is 0 Å². The van der Waals surface area contributed by atoms with E-state index in [-0.39, 0.29) is 12.0 Å². The summed E-state index contributed by atoms with van der Waals surface area (Å²) in [5, 5.41) is 3.29. The molecule has 114 valence electrons. The fraction of sp³-hybridized carbons (Fsp3) is 0.600. The predicted molar refractivity (Wildman–Crippen MR) is 83.1 cm³/mol. The Kier molecular flexibility index (Phi) is 6.65. The molecule has 0 fully saturated rings. The van der Waals surface area contributed by atoms with E-state index in [0.29, 0.717) is 4.90 Å². The van der Waals surface area contributed by atoms with Gasteiger partial charge in [0.15, 0.2) is 0 Å². The van der Waals surface area contributed by atoms with Crippen molar-refractivity contribution < 1.29 is 8.42 Å². The van der Waals surface area contributed by atoms with Gasteiger partial charge in [-0.05, 0) is 43.5 Å². The predicted octanol–water partition coefficient (Wildman–Crippen LogP) is 2.51. The number of rotatable bonds is 8. The fourth-order valence-electron chi connectivity index (χ4n) is 1.64. The molecule has 0 aliphatic rings. The second-order valence-electron chi connectivity index (χ2n) is 5.47. The minimum absolute atomic E-state index is 0.0779. The zero-order valence-corrected chi connectivity index (χ0v) is 13.6. The molecule has 1 rings (SSSR count). The van der Waals surface area contributed by atoms with Crippen molar-refractivity contribution in [2.45, 2.75) is 51.6 Å². The number of nitrogens with one attached hydrogen (secondary N) is 2. The Labute approximate surface area is 123 Å². The molecule has 0 spiro atoms. The Hall–Kier alpha value is -0.910. The number of benzene rings is 1. The molecule has 2 N–H and O–H groups in total. The van der Waals surface area contributed by atoms with Crippen LogP contribution < -0.4 is 10.0 Å². The summed E-state index contributed by atoms with van der Waals surface area (Å²) in [7, 11) is -3.42. The SMILES string of the molecule is CCCNCc1ccc(S(=O)(=O)NC(C)C(C)C)cc1. The van der Waals surface area contributed by atoms with Gasteiger partial charge in [0, 0.05) is 12.6 Å². The molecule has 20 heavy (non-hydrogen) atoms. The van der Waals surface area contributed by atoms with Crippen LogP contribution in [-0.2, 0) is 16.6 Å². The van der Waals surface area contributed by atoms with Gasteiger partial charge in [-0.3, -0.25) is 0 Å². The Morgan fingerprint density at radius 3 is 2.20 bits per heavy atom. The van der Waals surface area contributed by atoms with Crippen molar-refractivity contribution in [3.05, 3.63) is 29.8 Å². The molecule has 0 aliphatic heterocycles. The fourth-order valence-corrected chi connectivity index (χ4v) is 3.04. The molecule has 0 heterocycles. The third-order valence-electron chi connectivity index (χ3n) is 3.33. The van der Waals surface area contributed by atoms with Gasteiger partial charge >= 0.3 is 0 Å². The van der Waals surface area contributed by atoms with Crippen molar-refractivity contribution in [1.82, 2.24) is 10.0 Å². The third-order valence-corrected chi connectivity index (χ3v) is 4.91. The first-order valence-corrected chi connectivity index (χ1v) is 8.67. The zero-order chi connectivity index (χ0) is 15.2. The van der Waals surface area contributed by atoms with Gasteiger partial charge < -0.3 is 5.32 Å². The Morgan fingerprint density at radius 1 is 1.10 bits per heavy atom. The van der Waals surface area contributed by atoms with Gasteiger partial charge in [-0.15, -0.1) is 0 Å². The lowest BCUT2D eigenvalue weighted by Gasteiger charge is -2.17. The smallest absolute Gasteiger partial charge is 0.240 e. The molecule has 0 bridgehead atoms. The van der Waals surface area contributed by atoms with Crippen LogP contribution >= 0.6 is 0 Å². The summed E-state index contributed by atoms with van der Waals surface area (Å²) in [5.74, 6) is 0.266. The van der Waals surface area contributed by atoms with Crippen LogP contribution in [0.25, 0.3) is 0 Å². The average molecular weight is 298 g/mol. The Morgan fingerprint density at radius 2 is 1.70 bits per heavy atom. The minimum atomic E-state index is -3.42. The molecule has 0 saturated carbocycles. The molecule has 0 saturated heterocycles. The van der Waals surface area contributed by atoms with Gasteiger partial charge in [0.25, 0.3) is 0 Å².